The lowest BCUT2D eigenvalue weighted by Crippen LogP contribution is -2.34. The van der Waals surface area contributed by atoms with E-state index in [4.69, 9.17) is 15.3 Å². The van der Waals surface area contributed by atoms with Gasteiger partial charge in [-0.1, -0.05) is 0 Å². The first-order chi connectivity index (χ1) is 7.54. The van der Waals surface area contributed by atoms with Crippen LogP contribution in [0.15, 0.2) is 18.3 Å². The van der Waals surface area contributed by atoms with Gasteiger partial charge in [0.2, 0.25) is 5.69 Å². The van der Waals surface area contributed by atoms with Gasteiger partial charge in [-0.15, -0.1) is 0 Å². The molecular weight excluding hydrogens is 208 g/mol. The van der Waals surface area contributed by atoms with Gasteiger partial charge in [0, 0.05) is 11.8 Å². The zero-order valence-electron chi connectivity index (χ0n) is 9.43. The third-order valence-corrected chi connectivity index (χ3v) is 1.95. The van der Waals surface area contributed by atoms with E-state index in [-0.39, 0.29) is 24.8 Å². The fourth-order valence-electron chi connectivity index (χ4n) is 1.29. The van der Waals surface area contributed by atoms with Gasteiger partial charge in [0.15, 0.2) is 11.9 Å². The van der Waals surface area contributed by atoms with Gasteiger partial charge in [-0.05, 0) is 19.9 Å². The van der Waals surface area contributed by atoms with Gasteiger partial charge in [-0.25, -0.2) is 0 Å². The van der Waals surface area contributed by atoms with Gasteiger partial charge < -0.3 is 20.5 Å². The maximum atomic E-state index is 11.5. The topological polar surface area (TPSA) is 80.2 Å². The summed E-state index contributed by atoms with van der Waals surface area (Å²) in [6.07, 6.45) is 1.42. The summed E-state index contributed by atoms with van der Waals surface area (Å²) in [5.74, 6) is 0.464. The smallest absolute Gasteiger partial charge is 0.240 e. The molecule has 0 spiro atoms. The van der Waals surface area contributed by atoms with Crippen LogP contribution in [-0.2, 0) is 6.42 Å². The molecular formula is C11H16N2O3. The van der Waals surface area contributed by atoms with Crippen LogP contribution in [0.25, 0.3) is 0 Å². The molecule has 0 bridgehead atoms. The number of rotatable bonds is 5. The summed E-state index contributed by atoms with van der Waals surface area (Å²) in [5, 5.41) is 27.7. The molecule has 1 rings (SSSR count). The first kappa shape index (κ1) is 12.4. The first-order valence-electron chi connectivity index (χ1n) is 5.09. The Hall–Kier alpha value is -1.62. The second-order valence-electron chi connectivity index (χ2n) is 3.75. The molecule has 0 radical (unpaired) electrons. The number of aliphatic hydroxyl groups is 1. The largest absolute Gasteiger partial charge is 0.618 e. The molecule has 0 saturated heterocycles. The number of nitrogens with one attached hydrogen (secondary N) is 1. The monoisotopic (exact) mass is 224 g/mol. The summed E-state index contributed by atoms with van der Waals surface area (Å²) < 4.78 is 6.14. The van der Waals surface area contributed by atoms with E-state index < -0.39 is 0 Å². The van der Waals surface area contributed by atoms with Crippen LogP contribution in [0.1, 0.15) is 19.5 Å². The van der Waals surface area contributed by atoms with Crippen molar-refractivity contribution in [2.75, 3.05) is 6.61 Å². The average Bonchev–Trinajstić information content (AvgIpc) is 2.22. The summed E-state index contributed by atoms with van der Waals surface area (Å²) in [4.78, 5) is 0. The third-order valence-electron chi connectivity index (χ3n) is 1.95. The SMILES string of the molecule is CC(C)Oc1ccc[n+]([O-])c1CC(=N)CO. The van der Waals surface area contributed by atoms with Crippen LogP contribution in [0.3, 0.4) is 0 Å². The first-order valence-corrected chi connectivity index (χ1v) is 5.09. The maximum Gasteiger partial charge on any atom is 0.240 e. The Labute approximate surface area is 94.4 Å². The molecule has 1 heterocycles. The highest BCUT2D eigenvalue weighted by atomic mass is 16.5. The highest BCUT2D eigenvalue weighted by Crippen LogP contribution is 2.16. The molecule has 2 N–H and O–H groups in total. The van der Waals surface area contributed by atoms with Gasteiger partial charge >= 0.3 is 0 Å². The molecule has 0 amide bonds. The van der Waals surface area contributed by atoms with E-state index in [0.717, 1.165) is 0 Å². The quantitative estimate of drug-likeness (QED) is 0.438. The van der Waals surface area contributed by atoms with Crippen LogP contribution in [0.2, 0.25) is 0 Å². The van der Waals surface area contributed by atoms with Gasteiger partial charge in [0.05, 0.1) is 19.1 Å². The van der Waals surface area contributed by atoms with Crippen LogP contribution in [-0.4, -0.2) is 23.5 Å². The van der Waals surface area contributed by atoms with Crippen molar-refractivity contribution in [1.82, 2.24) is 0 Å². The lowest BCUT2D eigenvalue weighted by Gasteiger charge is -2.13. The maximum absolute atomic E-state index is 11.5. The molecule has 1 aromatic rings. The summed E-state index contributed by atoms with van der Waals surface area (Å²) in [6, 6.07) is 3.28. The predicted molar refractivity (Wildman–Crippen MR) is 59.7 cm³/mol. The Bertz CT molecular complexity index is 377. The van der Waals surface area contributed by atoms with E-state index in [1.807, 2.05) is 13.8 Å². The number of aromatic nitrogens is 1. The van der Waals surface area contributed by atoms with Crippen molar-refractivity contribution in [1.29, 1.82) is 5.41 Å². The Balaban J connectivity index is 2.98. The van der Waals surface area contributed by atoms with E-state index in [1.165, 1.54) is 6.20 Å². The van der Waals surface area contributed by atoms with E-state index in [9.17, 15) is 5.21 Å². The Morgan fingerprint density at radius 2 is 2.31 bits per heavy atom. The molecule has 16 heavy (non-hydrogen) atoms. The van der Waals surface area contributed by atoms with E-state index >= 15 is 0 Å². The minimum Gasteiger partial charge on any atom is -0.618 e. The normalized spacial score (nSPS) is 10.5. The lowest BCUT2D eigenvalue weighted by molar-refractivity contribution is -0.613. The minimum atomic E-state index is -0.351. The van der Waals surface area contributed by atoms with Crippen LogP contribution in [0, 0.1) is 10.6 Å². The number of hydrogen-bond donors (Lipinski definition) is 2. The van der Waals surface area contributed by atoms with E-state index in [2.05, 4.69) is 0 Å². The molecule has 88 valence electrons. The molecule has 0 atom stereocenters. The Morgan fingerprint density at radius 3 is 2.88 bits per heavy atom. The van der Waals surface area contributed by atoms with Crippen molar-refractivity contribution in [3.63, 3.8) is 0 Å². The summed E-state index contributed by atoms with van der Waals surface area (Å²) in [7, 11) is 0. The number of pyridine rings is 1. The van der Waals surface area contributed by atoms with E-state index in [0.29, 0.717) is 16.2 Å². The molecule has 5 heteroatoms. The van der Waals surface area contributed by atoms with Gasteiger partial charge in [-0.3, -0.25) is 0 Å². The van der Waals surface area contributed by atoms with Gasteiger partial charge in [-0.2, -0.15) is 4.73 Å². The fourth-order valence-corrected chi connectivity index (χ4v) is 1.29. The Morgan fingerprint density at radius 1 is 1.62 bits per heavy atom. The molecule has 0 aliphatic rings. The van der Waals surface area contributed by atoms with E-state index in [1.54, 1.807) is 12.1 Å². The summed E-state index contributed by atoms with van der Waals surface area (Å²) in [6.45, 7) is 3.38. The molecule has 5 nitrogen and oxygen atoms in total. The second kappa shape index (κ2) is 5.46. The number of aliphatic hydroxyl groups excluding tert-OH is 1. The number of ether oxygens (including phenoxy) is 1. The molecule has 0 unspecified atom stereocenters. The van der Waals surface area contributed by atoms with Crippen molar-refractivity contribution in [2.45, 2.75) is 26.4 Å². The molecule has 0 fully saturated rings. The lowest BCUT2D eigenvalue weighted by atomic mass is 10.2. The highest BCUT2D eigenvalue weighted by Gasteiger charge is 2.16. The average molecular weight is 224 g/mol. The van der Waals surface area contributed by atoms with Crippen LogP contribution >= 0.6 is 0 Å². The van der Waals surface area contributed by atoms with Crippen molar-refractivity contribution in [3.05, 3.63) is 29.2 Å². The Kier molecular flexibility index (Phi) is 4.25. The van der Waals surface area contributed by atoms with Crippen molar-refractivity contribution < 1.29 is 14.6 Å². The molecule has 0 aliphatic carbocycles. The molecule has 0 aromatic carbocycles. The van der Waals surface area contributed by atoms with Crippen LogP contribution in [0.4, 0.5) is 0 Å². The molecule has 1 aromatic heterocycles. The highest BCUT2D eigenvalue weighted by molar-refractivity contribution is 5.84. The molecule has 0 aliphatic heterocycles. The standard InChI is InChI=1S/C11H16N2O3/c1-8(2)16-11-4-3-5-13(15)10(11)6-9(12)7-14/h3-5,8,12,14H,6-7H2,1-2H3. The van der Waals surface area contributed by atoms with Crippen molar-refractivity contribution in [2.24, 2.45) is 0 Å². The van der Waals surface area contributed by atoms with Crippen LogP contribution in [0.5, 0.6) is 5.75 Å². The predicted octanol–water partition coefficient (Wildman–Crippen LogP) is 0.662. The fraction of sp³-hybridized carbons (Fsp3) is 0.455. The summed E-state index contributed by atoms with van der Waals surface area (Å²) >= 11 is 0. The zero-order chi connectivity index (χ0) is 12.1. The second-order valence-corrected chi connectivity index (χ2v) is 3.75. The van der Waals surface area contributed by atoms with Crippen LogP contribution < -0.4 is 9.47 Å². The van der Waals surface area contributed by atoms with Crippen molar-refractivity contribution >= 4 is 5.71 Å². The minimum absolute atomic E-state index is 0.0375. The third kappa shape index (κ3) is 3.20. The number of nitrogens with zero attached hydrogens (tertiary/aromatic N) is 1. The molecule has 0 saturated carbocycles. The zero-order valence-corrected chi connectivity index (χ0v) is 9.43. The van der Waals surface area contributed by atoms with Gasteiger partial charge in [0.1, 0.15) is 0 Å². The summed E-state index contributed by atoms with van der Waals surface area (Å²) in [5.41, 5.74) is 0.444. The van der Waals surface area contributed by atoms with Gasteiger partial charge in [0.25, 0.3) is 0 Å². The van der Waals surface area contributed by atoms with Crippen molar-refractivity contribution in [3.8, 4) is 5.75 Å². The number of hydrogen-bond acceptors (Lipinski definition) is 4.